The van der Waals surface area contributed by atoms with Crippen molar-refractivity contribution in [3.05, 3.63) is 58.6 Å². The molecule has 0 radical (unpaired) electrons. The number of nitrogens with zero attached hydrogens (tertiary/aromatic N) is 3. The molecule has 0 saturated heterocycles. The first-order chi connectivity index (χ1) is 9.50. The van der Waals surface area contributed by atoms with Gasteiger partial charge in [0, 0.05) is 31.3 Å². The molecule has 104 valence electrons. The Morgan fingerprint density at radius 2 is 2.00 bits per heavy atom. The average molecular weight is 290 g/mol. The Hall–Kier alpha value is -1.94. The van der Waals surface area contributed by atoms with Crippen LogP contribution in [0.4, 0.5) is 0 Å². The quantitative estimate of drug-likeness (QED) is 0.871. The van der Waals surface area contributed by atoms with Gasteiger partial charge in [0.15, 0.2) is 0 Å². The molecule has 0 fully saturated rings. The van der Waals surface area contributed by atoms with Gasteiger partial charge in [0.05, 0.1) is 16.6 Å². The van der Waals surface area contributed by atoms with Gasteiger partial charge in [0.25, 0.3) is 5.91 Å². The summed E-state index contributed by atoms with van der Waals surface area (Å²) in [7, 11) is 1.75. The second-order valence-corrected chi connectivity index (χ2v) is 5.09. The van der Waals surface area contributed by atoms with E-state index in [1.54, 1.807) is 30.4 Å². The zero-order chi connectivity index (χ0) is 14.7. The minimum atomic E-state index is -0.146. The molecule has 0 aliphatic carbocycles. The highest BCUT2D eigenvalue weighted by Gasteiger charge is 2.21. The molecule has 2 aromatic rings. The van der Waals surface area contributed by atoms with E-state index in [-0.39, 0.29) is 11.9 Å². The molecule has 2 aromatic heterocycles. The molecular weight excluding hydrogens is 274 g/mol. The van der Waals surface area contributed by atoms with E-state index < -0.39 is 0 Å². The fourth-order valence-corrected chi connectivity index (χ4v) is 2.20. The molecule has 0 aliphatic heterocycles. The fraction of sp³-hybridized carbons (Fsp3) is 0.267. The summed E-state index contributed by atoms with van der Waals surface area (Å²) in [5.74, 6) is -0.146. The molecule has 0 spiro atoms. The number of halogens is 1. The topological polar surface area (TPSA) is 46.1 Å². The largest absolute Gasteiger partial charge is 0.335 e. The first-order valence-corrected chi connectivity index (χ1v) is 6.67. The maximum Gasteiger partial charge on any atom is 0.257 e. The maximum absolute atomic E-state index is 12.5. The molecule has 0 bridgehead atoms. The third kappa shape index (κ3) is 2.96. The minimum Gasteiger partial charge on any atom is -0.335 e. The van der Waals surface area contributed by atoms with Crippen LogP contribution in [-0.2, 0) is 0 Å². The van der Waals surface area contributed by atoms with Gasteiger partial charge < -0.3 is 4.90 Å². The molecule has 0 aromatic carbocycles. The number of hydrogen-bond acceptors (Lipinski definition) is 3. The number of carbonyl (C=O) groups is 1. The van der Waals surface area contributed by atoms with E-state index in [2.05, 4.69) is 9.97 Å². The monoisotopic (exact) mass is 289 g/mol. The summed E-state index contributed by atoms with van der Waals surface area (Å²) >= 11 is 6.12. The third-order valence-electron chi connectivity index (χ3n) is 3.31. The van der Waals surface area contributed by atoms with Gasteiger partial charge in [-0.1, -0.05) is 11.6 Å². The van der Waals surface area contributed by atoms with Gasteiger partial charge in [-0.15, -0.1) is 0 Å². The highest BCUT2D eigenvalue weighted by molar-refractivity contribution is 6.33. The highest BCUT2D eigenvalue weighted by Crippen LogP contribution is 2.23. The predicted molar refractivity (Wildman–Crippen MR) is 78.7 cm³/mol. The number of aryl methyl sites for hydroxylation is 1. The Kier molecular flexibility index (Phi) is 4.35. The van der Waals surface area contributed by atoms with E-state index in [9.17, 15) is 4.79 Å². The van der Waals surface area contributed by atoms with Crippen molar-refractivity contribution in [3.8, 4) is 0 Å². The Bertz CT molecular complexity index is 616. The van der Waals surface area contributed by atoms with E-state index in [0.717, 1.165) is 11.3 Å². The van der Waals surface area contributed by atoms with Crippen molar-refractivity contribution in [1.29, 1.82) is 0 Å². The van der Waals surface area contributed by atoms with Crippen molar-refractivity contribution in [1.82, 2.24) is 14.9 Å². The van der Waals surface area contributed by atoms with E-state index in [0.29, 0.717) is 10.6 Å². The van der Waals surface area contributed by atoms with Crippen molar-refractivity contribution in [2.75, 3.05) is 7.05 Å². The van der Waals surface area contributed by atoms with Crippen LogP contribution in [0.3, 0.4) is 0 Å². The molecule has 0 aliphatic rings. The lowest BCUT2D eigenvalue weighted by Crippen LogP contribution is -2.30. The van der Waals surface area contributed by atoms with E-state index in [1.807, 2.05) is 26.0 Å². The van der Waals surface area contributed by atoms with Crippen LogP contribution in [0.2, 0.25) is 5.02 Å². The molecule has 20 heavy (non-hydrogen) atoms. The zero-order valence-electron chi connectivity index (χ0n) is 11.7. The second-order valence-electron chi connectivity index (χ2n) is 4.68. The summed E-state index contributed by atoms with van der Waals surface area (Å²) in [6.45, 7) is 3.80. The Morgan fingerprint density at radius 3 is 2.60 bits per heavy atom. The number of aromatic nitrogens is 2. The second kappa shape index (κ2) is 6.01. The van der Waals surface area contributed by atoms with Crippen LogP contribution in [0.15, 0.2) is 36.8 Å². The van der Waals surface area contributed by atoms with Crippen molar-refractivity contribution >= 4 is 17.5 Å². The van der Waals surface area contributed by atoms with Crippen molar-refractivity contribution < 1.29 is 4.79 Å². The molecule has 1 amide bonds. The molecule has 5 heteroatoms. The summed E-state index contributed by atoms with van der Waals surface area (Å²) in [5.41, 5.74) is 2.23. The smallest absolute Gasteiger partial charge is 0.257 e. The van der Waals surface area contributed by atoms with Crippen LogP contribution in [0.25, 0.3) is 0 Å². The van der Waals surface area contributed by atoms with Crippen LogP contribution in [0.5, 0.6) is 0 Å². The standard InChI is InChI=1S/C15H16ClN3O/c1-10-8-14(16)13(9-18-10)15(20)19(3)11(2)12-4-6-17-7-5-12/h4-9,11H,1-3H3. The van der Waals surface area contributed by atoms with E-state index in [4.69, 9.17) is 11.6 Å². The first-order valence-electron chi connectivity index (χ1n) is 6.30. The number of carbonyl (C=O) groups excluding carboxylic acids is 1. The van der Waals surface area contributed by atoms with Gasteiger partial charge in [0.2, 0.25) is 0 Å². The van der Waals surface area contributed by atoms with Crippen LogP contribution in [0.1, 0.15) is 34.6 Å². The van der Waals surface area contributed by atoms with Crippen molar-refractivity contribution in [2.24, 2.45) is 0 Å². The summed E-state index contributed by atoms with van der Waals surface area (Å²) in [5, 5.41) is 0.427. The molecule has 4 nitrogen and oxygen atoms in total. The molecular formula is C15H16ClN3O. The first kappa shape index (κ1) is 14.5. The van der Waals surface area contributed by atoms with Gasteiger partial charge in [-0.05, 0) is 37.6 Å². The lowest BCUT2D eigenvalue weighted by atomic mass is 10.1. The Morgan fingerprint density at radius 1 is 1.35 bits per heavy atom. The number of rotatable bonds is 3. The lowest BCUT2D eigenvalue weighted by Gasteiger charge is -2.25. The van der Waals surface area contributed by atoms with Crippen LogP contribution in [0, 0.1) is 6.92 Å². The molecule has 2 heterocycles. The third-order valence-corrected chi connectivity index (χ3v) is 3.62. The molecule has 1 atom stereocenters. The predicted octanol–water partition coefficient (Wildman–Crippen LogP) is 3.27. The van der Waals surface area contributed by atoms with Crippen molar-refractivity contribution in [2.45, 2.75) is 19.9 Å². The summed E-state index contributed by atoms with van der Waals surface area (Å²) in [6.07, 6.45) is 4.95. The van der Waals surface area contributed by atoms with E-state index in [1.165, 1.54) is 6.20 Å². The number of amides is 1. The summed E-state index contributed by atoms with van der Waals surface area (Å²) in [4.78, 5) is 22.2. The minimum absolute atomic E-state index is 0.0668. The highest BCUT2D eigenvalue weighted by atomic mass is 35.5. The van der Waals surface area contributed by atoms with Crippen LogP contribution in [-0.4, -0.2) is 27.8 Å². The summed E-state index contributed by atoms with van der Waals surface area (Å²) in [6, 6.07) is 5.41. The normalized spacial score (nSPS) is 12.0. The number of pyridine rings is 2. The molecule has 0 N–H and O–H groups in total. The maximum atomic E-state index is 12.5. The Labute approximate surface area is 123 Å². The summed E-state index contributed by atoms with van der Waals surface area (Å²) < 4.78 is 0. The van der Waals surface area contributed by atoms with Gasteiger partial charge in [0.1, 0.15) is 0 Å². The number of hydrogen-bond donors (Lipinski definition) is 0. The van der Waals surface area contributed by atoms with Gasteiger partial charge in [-0.25, -0.2) is 0 Å². The van der Waals surface area contributed by atoms with Gasteiger partial charge in [-0.2, -0.15) is 0 Å². The van der Waals surface area contributed by atoms with Crippen LogP contribution < -0.4 is 0 Å². The molecule has 1 unspecified atom stereocenters. The van der Waals surface area contributed by atoms with Crippen LogP contribution >= 0.6 is 11.6 Å². The van der Waals surface area contributed by atoms with Gasteiger partial charge in [-0.3, -0.25) is 14.8 Å². The molecule has 2 rings (SSSR count). The SMILES string of the molecule is Cc1cc(Cl)c(C(=O)N(C)C(C)c2ccncc2)cn1. The van der Waals surface area contributed by atoms with Gasteiger partial charge >= 0.3 is 0 Å². The average Bonchev–Trinajstić information content (AvgIpc) is 2.46. The zero-order valence-corrected chi connectivity index (χ0v) is 12.4. The van der Waals surface area contributed by atoms with Crippen molar-refractivity contribution in [3.63, 3.8) is 0 Å². The Balaban J connectivity index is 2.24. The lowest BCUT2D eigenvalue weighted by molar-refractivity contribution is 0.0742. The van der Waals surface area contributed by atoms with E-state index >= 15 is 0 Å². The molecule has 0 saturated carbocycles. The fourth-order valence-electron chi connectivity index (χ4n) is 1.92.